The molecule has 0 atom stereocenters. The summed E-state index contributed by atoms with van der Waals surface area (Å²) in [5.74, 6) is 0.139. The van der Waals surface area contributed by atoms with Gasteiger partial charge in [-0.2, -0.15) is 14.9 Å². The Kier molecular flexibility index (Phi) is 3.08. The molecule has 12 heteroatoms. The second kappa shape index (κ2) is 5.24. The van der Waals surface area contributed by atoms with Gasteiger partial charge >= 0.3 is 0 Å². The maximum atomic E-state index is 12.1. The van der Waals surface area contributed by atoms with Crippen molar-refractivity contribution in [2.75, 3.05) is 0 Å². The number of nitrogens with zero attached hydrogens (tertiary/aromatic N) is 8. The summed E-state index contributed by atoms with van der Waals surface area (Å²) in [5.41, 5.74) is 1.04. The van der Waals surface area contributed by atoms with Crippen LogP contribution in [0.5, 0.6) is 0 Å². The Balaban J connectivity index is 1.44. The Hall–Kier alpha value is -3.15. The Labute approximate surface area is 132 Å². The molecule has 4 aromatic rings. The van der Waals surface area contributed by atoms with E-state index in [1.165, 1.54) is 22.3 Å². The first-order chi connectivity index (χ1) is 11.2. The molecule has 0 aliphatic heterocycles. The number of amides is 1. The van der Waals surface area contributed by atoms with Crippen LogP contribution in [0, 0.1) is 6.92 Å². The van der Waals surface area contributed by atoms with E-state index in [0.717, 1.165) is 15.7 Å². The maximum absolute atomic E-state index is 12.1. The predicted molar refractivity (Wildman–Crippen MR) is 78.1 cm³/mol. The zero-order chi connectivity index (χ0) is 15.8. The first-order valence-corrected chi connectivity index (χ1v) is 7.39. The normalized spacial score (nSPS) is 11.2. The van der Waals surface area contributed by atoms with E-state index in [1.807, 2.05) is 6.92 Å². The number of carbonyl (C=O) groups excluding carboxylic acids is 1. The lowest BCUT2D eigenvalue weighted by molar-refractivity contribution is 0.0945. The van der Waals surface area contributed by atoms with Gasteiger partial charge in [0, 0.05) is 6.07 Å². The van der Waals surface area contributed by atoms with E-state index >= 15 is 0 Å². The van der Waals surface area contributed by atoms with Crippen LogP contribution in [0.3, 0.4) is 0 Å². The van der Waals surface area contributed by atoms with E-state index in [0.29, 0.717) is 18.1 Å². The van der Waals surface area contributed by atoms with Crippen LogP contribution in [0.2, 0.25) is 0 Å². The lowest BCUT2D eigenvalue weighted by atomic mass is 10.4. The van der Waals surface area contributed by atoms with Crippen molar-refractivity contribution in [3.8, 4) is 5.82 Å². The van der Waals surface area contributed by atoms with Crippen molar-refractivity contribution in [3.05, 3.63) is 35.0 Å². The van der Waals surface area contributed by atoms with E-state index in [4.69, 9.17) is 0 Å². The van der Waals surface area contributed by atoms with Crippen LogP contribution in [0.15, 0.2) is 18.6 Å². The Morgan fingerprint density at radius 2 is 2.39 bits per heavy atom. The molecule has 0 unspecified atom stereocenters. The van der Waals surface area contributed by atoms with Crippen LogP contribution >= 0.6 is 11.3 Å². The monoisotopic (exact) mass is 330 g/mol. The number of imidazole rings is 1. The topological polar surface area (TPSA) is 132 Å². The van der Waals surface area contributed by atoms with Crippen molar-refractivity contribution < 1.29 is 4.79 Å². The minimum absolute atomic E-state index is 0.294. The molecule has 0 bridgehead atoms. The van der Waals surface area contributed by atoms with Gasteiger partial charge in [0.15, 0.2) is 5.82 Å². The van der Waals surface area contributed by atoms with Gasteiger partial charge < -0.3 is 5.32 Å². The molecule has 4 aromatic heterocycles. The second-order valence-corrected chi connectivity index (χ2v) is 5.82. The second-order valence-electron chi connectivity index (χ2n) is 4.66. The van der Waals surface area contributed by atoms with Crippen molar-refractivity contribution in [1.29, 1.82) is 0 Å². The van der Waals surface area contributed by atoms with E-state index < -0.39 is 0 Å². The van der Waals surface area contributed by atoms with Gasteiger partial charge in [-0.3, -0.25) is 9.89 Å². The molecule has 0 saturated carbocycles. The molecule has 0 aliphatic carbocycles. The predicted octanol–water partition coefficient (Wildman–Crippen LogP) is -0.272. The van der Waals surface area contributed by atoms with E-state index in [1.54, 1.807) is 16.8 Å². The van der Waals surface area contributed by atoms with Gasteiger partial charge in [-0.05, 0) is 17.4 Å². The summed E-state index contributed by atoms with van der Waals surface area (Å²) in [7, 11) is 0. The van der Waals surface area contributed by atoms with Crippen molar-refractivity contribution in [1.82, 2.24) is 50.3 Å². The first kappa shape index (κ1) is 13.5. The summed E-state index contributed by atoms with van der Waals surface area (Å²) in [6, 6.07) is 1.56. The summed E-state index contributed by atoms with van der Waals surface area (Å²) >= 11 is 1.50. The fourth-order valence-electron chi connectivity index (χ4n) is 2.01. The number of hydrogen-bond acceptors (Lipinski definition) is 8. The highest BCUT2D eigenvalue weighted by atomic mass is 32.1. The van der Waals surface area contributed by atoms with Crippen LogP contribution in [0.1, 0.15) is 21.2 Å². The van der Waals surface area contributed by atoms with Crippen molar-refractivity contribution in [2.45, 2.75) is 13.5 Å². The summed E-state index contributed by atoms with van der Waals surface area (Å²) in [5, 5.41) is 25.3. The Morgan fingerprint density at radius 3 is 3.17 bits per heavy atom. The number of nitrogens with one attached hydrogen (secondary N) is 2. The smallest absolute Gasteiger partial charge is 0.269 e. The van der Waals surface area contributed by atoms with Crippen molar-refractivity contribution in [2.24, 2.45) is 0 Å². The van der Waals surface area contributed by atoms with Crippen molar-refractivity contribution in [3.63, 3.8) is 0 Å². The third-order valence-corrected chi connectivity index (χ3v) is 3.85. The molecular formula is C11H10N10OS. The van der Waals surface area contributed by atoms with Crippen LogP contribution in [-0.2, 0) is 6.54 Å². The largest absolute Gasteiger partial charge is 0.345 e. The summed E-state index contributed by atoms with van der Waals surface area (Å²) in [4.78, 5) is 17.3. The number of H-pyrrole nitrogens is 1. The summed E-state index contributed by atoms with van der Waals surface area (Å²) in [6.07, 6.45) is 3.18. The highest BCUT2D eigenvalue weighted by Crippen LogP contribution is 2.13. The minimum atomic E-state index is -0.294. The van der Waals surface area contributed by atoms with Crippen LogP contribution in [-0.4, -0.2) is 50.9 Å². The molecule has 4 heterocycles. The van der Waals surface area contributed by atoms with E-state index in [9.17, 15) is 4.79 Å². The Morgan fingerprint density at radius 1 is 1.48 bits per heavy atom. The van der Waals surface area contributed by atoms with Gasteiger partial charge in [-0.25, -0.2) is 9.50 Å². The lowest BCUT2D eigenvalue weighted by Crippen LogP contribution is -2.23. The van der Waals surface area contributed by atoms with Crippen LogP contribution in [0.25, 0.3) is 10.8 Å². The van der Waals surface area contributed by atoms with E-state index in [2.05, 4.69) is 41.1 Å². The van der Waals surface area contributed by atoms with Crippen LogP contribution in [0.4, 0.5) is 0 Å². The molecule has 116 valence electrons. The third-order valence-electron chi connectivity index (χ3n) is 3.02. The molecule has 0 saturated heterocycles. The molecule has 11 nitrogen and oxygen atoms in total. The van der Waals surface area contributed by atoms with Gasteiger partial charge in [-0.1, -0.05) is 11.3 Å². The fourth-order valence-corrected chi connectivity index (χ4v) is 2.75. The number of aryl methyl sites for hydroxylation is 1. The zero-order valence-electron chi connectivity index (χ0n) is 11.8. The minimum Gasteiger partial charge on any atom is -0.345 e. The number of tetrazole rings is 1. The number of carbonyl (C=O) groups is 1. The molecule has 23 heavy (non-hydrogen) atoms. The summed E-state index contributed by atoms with van der Waals surface area (Å²) < 4.78 is 3.05. The number of aromatic amines is 1. The standard InChI is InChI=1S/C11H10N10OS/c1-6-17-20-4-7(14-11(20)23-6)3-12-10(22)8-2-9(16-15-8)21-5-13-18-19-21/h2,4-5H,3H2,1H3,(H,12,22)(H,15,16). The molecule has 0 spiro atoms. The van der Waals surface area contributed by atoms with Gasteiger partial charge in [0.2, 0.25) is 4.96 Å². The number of hydrogen-bond donors (Lipinski definition) is 2. The van der Waals surface area contributed by atoms with Crippen LogP contribution < -0.4 is 5.32 Å². The molecule has 4 rings (SSSR count). The van der Waals surface area contributed by atoms with E-state index in [-0.39, 0.29) is 5.91 Å². The number of fused-ring (bicyclic) bond motifs is 1. The third kappa shape index (κ3) is 2.55. The SMILES string of the molecule is Cc1nn2cc(CNC(=O)c3cc(-n4cnnn4)n[nH]3)nc2s1. The number of aromatic nitrogens is 9. The first-order valence-electron chi connectivity index (χ1n) is 6.58. The Bertz CT molecular complexity index is 933. The molecule has 1 amide bonds. The molecule has 0 aliphatic rings. The zero-order valence-corrected chi connectivity index (χ0v) is 12.6. The average Bonchev–Trinajstić information content (AvgIpc) is 3.27. The maximum Gasteiger partial charge on any atom is 0.269 e. The molecular weight excluding hydrogens is 320 g/mol. The molecule has 0 fully saturated rings. The number of rotatable bonds is 4. The lowest BCUT2D eigenvalue weighted by Gasteiger charge is -1.99. The fraction of sp³-hybridized carbons (Fsp3) is 0.182. The molecule has 0 aromatic carbocycles. The van der Waals surface area contributed by atoms with Gasteiger partial charge in [0.1, 0.15) is 17.0 Å². The summed E-state index contributed by atoms with van der Waals surface area (Å²) in [6.45, 7) is 2.22. The quantitative estimate of drug-likeness (QED) is 0.526. The highest BCUT2D eigenvalue weighted by molar-refractivity contribution is 7.16. The van der Waals surface area contributed by atoms with Gasteiger partial charge in [-0.15, -0.1) is 5.10 Å². The van der Waals surface area contributed by atoms with Crippen molar-refractivity contribution >= 4 is 22.2 Å². The van der Waals surface area contributed by atoms with Gasteiger partial charge in [0.05, 0.1) is 18.4 Å². The highest BCUT2D eigenvalue weighted by Gasteiger charge is 2.12. The molecule has 0 radical (unpaired) electrons. The molecule has 2 N–H and O–H groups in total. The van der Waals surface area contributed by atoms with Gasteiger partial charge in [0.25, 0.3) is 5.91 Å². The average molecular weight is 330 g/mol.